The summed E-state index contributed by atoms with van der Waals surface area (Å²) in [5, 5.41) is 1.16. The van der Waals surface area contributed by atoms with Crippen molar-refractivity contribution in [2.24, 2.45) is 0 Å². The van der Waals surface area contributed by atoms with Gasteiger partial charge in [0.1, 0.15) is 10.6 Å². The molecule has 8 heteroatoms. The molecule has 1 aromatic carbocycles. The molecule has 2 aliphatic heterocycles. The van der Waals surface area contributed by atoms with E-state index in [-0.39, 0.29) is 0 Å². The van der Waals surface area contributed by atoms with Crippen LogP contribution >= 0.6 is 11.3 Å². The third-order valence-corrected chi connectivity index (χ3v) is 7.38. The Bertz CT molecular complexity index is 1280. The minimum atomic E-state index is 0.314. The highest BCUT2D eigenvalue weighted by molar-refractivity contribution is 7.18. The zero-order valence-electron chi connectivity index (χ0n) is 18.5. The molecule has 0 aliphatic carbocycles. The van der Waals surface area contributed by atoms with E-state index in [1.807, 2.05) is 24.4 Å². The fourth-order valence-electron chi connectivity index (χ4n) is 4.41. The first kappa shape index (κ1) is 20.4. The number of aromatic nitrogens is 3. The van der Waals surface area contributed by atoms with E-state index in [2.05, 4.69) is 39.9 Å². The van der Waals surface area contributed by atoms with Crippen LogP contribution in [0.2, 0.25) is 0 Å². The van der Waals surface area contributed by atoms with Gasteiger partial charge in [0.05, 0.1) is 5.39 Å². The number of benzene rings is 1. The van der Waals surface area contributed by atoms with Gasteiger partial charge in [0, 0.05) is 55.6 Å². The summed E-state index contributed by atoms with van der Waals surface area (Å²) >= 11 is 1.77. The second-order valence-corrected chi connectivity index (χ2v) is 9.46. The van der Waals surface area contributed by atoms with Crippen LogP contribution in [0.25, 0.3) is 21.6 Å². The van der Waals surface area contributed by atoms with Crippen LogP contribution in [0.5, 0.6) is 11.5 Å². The molecule has 168 valence electrons. The topological polar surface area (TPSA) is 63.6 Å². The summed E-state index contributed by atoms with van der Waals surface area (Å²) in [4.78, 5) is 21.4. The molecule has 0 spiro atoms. The molecule has 1 fully saturated rings. The number of thiophene rings is 1. The lowest BCUT2D eigenvalue weighted by Crippen LogP contribution is -2.46. The van der Waals surface area contributed by atoms with Gasteiger partial charge < -0.3 is 14.4 Å². The summed E-state index contributed by atoms with van der Waals surface area (Å²) < 4.78 is 11.0. The third kappa shape index (κ3) is 4.00. The molecule has 4 aromatic rings. The first-order valence-electron chi connectivity index (χ1n) is 11.3. The van der Waals surface area contributed by atoms with Gasteiger partial charge in [0.2, 0.25) is 6.79 Å². The molecule has 0 N–H and O–H groups in total. The van der Waals surface area contributed by atoms with Crippen molar-refractivity contribution in [1.82, 2.24) is 19.9 Å². The highest BCUT2D eigenvalue weighted by atomic mass is 32.1. The lowest BCUT2D eigenvalue weighted by atomic mass is 10.1. The number of pyridine rings is 1. The Morgan fingerprint density at radius 2 is 1.88 bits per heavy atom. The maximum absolute atomic E-state index is 5.54. The molecular weight excluding hydrogens is 434 g/mol. The van der Waals surface area contributed by atoms with E-state index in [0.717, 1.165) is 78.1 Å². The van der Waals surface area contributed by atoms with Crippen LogP contribution in [-0.4, -0.2) is 52.8 Å². The summed E-state index contributed by atoms with van der Waals surface area (Å²) in [5.41, 5.74) is 2.20. The van der Waals surface area contributed by atoms with Gasteiger partial charge in [-0.2, -0.15) is 0 Å². The van der Waals surface area contributed by atoms with Crippen molar-refractivity contribution in [2.75, 3.05) is 37.9 Å². The standard InChI is InChI=1S/C25H25N5O2S/c1-2-19-13-20-24(27-23(28-25(20)33-19)18-4-3-7-26-14-18)30-10-8-29(9-11-30)15-17-5-6-21-22(12-17)32-16-31-21/h3-7,12-14H,2,8-11,15-16H2,1H3. The van der Waals surface area contributed by atoms with Gasteiger partial charge in [-0.05, 0) is 42.3 Å². The molecule has 33 heavy (non-hydrogen) atoms. The molecular formula is C25H25N5O2S. The highest BCUT2D eigenvalue weighted by Crippen LogP contribution is 2.35. The summed E-state index contributed by atoms with van der Waals surface area (Å²) in [6.45, 7) is 7.23. The Morgan fingerprint density at radius 1 is 1.00 bits per heavy atom. The van der Waals surface area contributed by atoms with E-state index in [1.165, 1.54) is 10.4 Å². The van der Waals surface area contributed by atoms with E-state index in [1.54, 1.807) is 17.5 Å². The lowest BCUT2D eigenvalue weighted by molar-refractivity contribution is 0.174. The molecule has 6 rings (SSSR count). The van der Waals surface area contributed by atoms with Crippen LogP contribution < -0.4 is 14.4 Å². The predicted octanol–water partition coefficient (Wildman–Crippen LogP) is 4.37. The largest absolute Gasteiger partial charge is 0.454 e. The minimum absolute atomic E-state index is 0.314. The number of fused-ring (bicyclic) bond motifs is 2. The monoisotopic (exact) mass is 459 g/mol. The van der Waals surface area contributed by atoms with Crippen molar-refractivity contribution in [2.45, 2.75) is 19.9 Å². The van der Waals surface area contributed by atoms with E-state index < -0.39 is 0 Å². The molecule has 1 saturated heterocycles. The molecule has 3 aromatic heterocycles. The van der Waals surface area contributed by atoms with Gasteiger partial charge >= 0.3 is 0 Å². The van der Waals surface area contributed by atoms with Crippen molar-refractivity contribution < 1.29 is 9.47 Å². The van der Waals surface area contributed by atoms with Crippen LogP contribution in [0.15, 0.2) is 48.8 Å². The molecule has 7 nitrogen and oxygen atoms in total. The number of nitrogens with zero attached hydrogens (tertiary/aromatic N) is 5. The van der Waals surface area contributed by atoms with Gasteiger partial charge in [-0.25, -0.2) is 9.97 Å². The molecule has 5 heterocycles. The number of piperazine rings is 1. The summed E-state index contributed by atoms with van der Waals surface area (Å²) in [7, 11) is 0. The smallest absolute Gasteiger partial charge is 0.231 e. The number of hydrogen-bond acceptors (Lipinski definition) is 8. The first-order chi connectivity index (χ1) is 16.3. The average Bonchev–Trinajstić information content (AvgIpc) is 3.51. The van der Waals surface area contributed by atoms with Crippen LogP contribution in [0, 0.1) is 0 Å². The average molecular weight is 460 g/mol. The maximum atomic E-state index is 5.54. The summed E-state index contributed by atoms with van der Waals surface area (Å²) in [6.07, 6.45) is 4.62. The number of anilines is 1. The fourth-order valence-corrected chi connectivity index (χ4v) is 5.37. The first-order valence-corrected chi connectivity index (χ1v) is 12.1. The zero-order valence-corrected chi connectivity index (χ0v) is 19.3. The Hall–Kier alpha value is -3.23. The Kier molecular flexibility index (Phi) is 5.32. The normalized spacial score (nSPS) is 16.0. The van der Waals surface area contributed by atoms with Crippen LogP contribution in [0.1, 0.15) is 17.4 Å². The van der Waals surface area contributed by atoms with Crippen molar-refractivity contribution in [3.63, 3.8) is 0 Å². The van der Waals surface area contributed by atoms with Gasteiger partial charge in [-0.3, -0.25) is 9.88 Å². The summed E-state index contributed by atoms with van der Waals surface area (Å²) in [5.74, 6) is 3.47. The molecule has 0 radical (unpaired) electrons. The second-order valence-electron chi connectivity index (χ2n) is 8.35. The van der Waals surface area contributed by atoms with Crippen molar-refractivity contribution in [3.05, 3.63) is 59.2 Å². The zero-order chi connectivity index (χ0) is 22.2. The maximum Gasteiger partial charge on any atom is 0.231 e. The highest BCUT2D eigenvalue weighted by Gasteiger charge is 2.23. The number of aryl methyl sites for hydroxylation is 1. The van der Waals surface area contributed by atoms with Gasteiger partial charge in [0.15, 0.2) is 17.3 Å². The van der Waals surface area contributed by atoms with Crippen molar-refractivity contribution in [1.29, 1.82) is 0 Å². The molecule has 0 atom stereocenters. The van der Waals surface area contributed by atoms with E-state index in [0.29, 0.717) is 6.79 Å². The number of hydrogen-bond donors (Lipinski definition) is 0. The van der Waals surface area contributed by atoms with E-state index in [9.17, 15) is 0 Å². The Labute approximate surface area is 196 Å². The third-order valence-electron chi connectivity index (χ3n) is 6.21. The van der Waals surface area contributed by atoms with Crippen molar-refractivity contribution >= 4 is 27.4 Å². The molecule has 0 saturated carbocycles. The second kappa shape index (κ2) is 8.61. The Balaban J connectivity index is 1.24. The summed E-state index contributed by atoms with van der Waals surface area (Å²) in [6, 6.07) is 12.5. The molecule has 0 amide bonds. The van der Waals surface area contributed by atoms with E-state index >= 15 is 0 Å². The quantitative estimate of drug-likeness (QED) is 0.439. The number of ether oxygens (including phenoxy) is 2. The number of rotatable bonds is 5. The molecule has 0 unspecified atom stereocenters. The van der Waals surface area contributed by atoms with Gasteiger partial charge in [-0.1, -0.05) is 13.0 Å². The fraction of sp³-hybridized carbons (Fsp3) is 0.320. The van der Waals surface area contributed by atoms with Crippen LogP contribution in [0.4, 0.5) is 5.82 Å². The molecule has 0 bridgehead atoms. The molecule has 2 aliphatic rings. The Morgan fingerprint density at radius 3 is 2.70 bits per heavy atom. The minimum Gasteiger partial charge on any atom is -0.454 e. The van der Waals surface area contributed by atoms with Crippen LogP contribution in [0.3, 0.4) is 0 Å². The van der Waals surface area contributed by atoms with Gasteiger partial charge in [0.25, 0.3) is 0 Å². The van der Waals surface area contributed by atoms with E-state index in [4.69, 9.17) is 19.4 Å². The lowest BCUT2D eigenvalue weighted by Gasteiger charge is -2.35. The van der Waals surface area contributed by atoms with Crippen LogP contribution in [-0.2, 0) is 13.0 Å². The van der Waals surface area contributed by atoms with Gasteiger partial charge in [-0.15, -0.1) is 11.3 Å². The van der Waals surface area contributed by atoms with Crippen molar-refractivity contribution in [3.8, 4) is 22.9 Å². The SMILES string of the molecule is CCc1cc2c(N3CCN(Cc4ccc5c(c4)OCO5)CC3)nc(-c3cccnc3)nc2s1. The predicted molar refractivity (Wildman–Crippen MR) is 130 cm³/mol.